The van der Waals surface area contributed by atoms with E-state index >= 15 is 0 Å². The zero-order valence-electron chi connectivity index (χ0n) is 5.74. The van der Waals surface area contributed by atoms with E-state index in [9.17, 15) is 14.7 Å². The molecule has 1 rings (SSSR count). The lowest BCUT2D eigenvalue weighted by Crippen LogP contribution is -2.48. The first kappa shape index (κ1) is 8.70. The van der Waals surface area contributed by atoms with Gasteiger partial charge in [-0.3, -0.25) is 9.59 Å². The van der Waals surface area contributed by atoms with Crippen molar-refractivity contribution in [2.24, 2.45) is 0 Å². The molecule has 1 fully saturated rings. The monoisotopic (exact) mass is 176 g/mol. The molecule has 0 aliphatic carbocycles. The van der Waals surface area contributed by atoms with E-state index in [1.165, 1.54) is 0 Å². The Hall–Kier alpha value is -0.390. The first-order chi connectivity index (χ1) is 5.10. The summed E-state index contributed by atoms with van der Waals surface area (Å²) in [6, 6.07) is 0. The van der Waals surface area contributed by atoms with Crippen LogP contribution in [-0.2, 0) is 9.59 Å². The average Bonchev–Trinajstić information content (AvgIpc) is 2.00. The van der Waals surface area contributed by atoms with Gasteiger partial charge in [-0.1, -0.05) is 11.8 Å². The number of thioether (sulfide) groups is 1. The van der Waals surface area contributed by atoms with Crippen molar-refractivity contribution in [1.29, 1.82) is 0 Å². The van der Waals surface area contributed by atoms with E-state index in [2.05, 4.69) is 0 Å². The predicted octanol–water partition coefficient (Wildman–Crippen LogP) is -1.06. The smallest absolute Gasteiger partial charge is 0.258 e. The van der Waals surface area contributed by atoms with Crippen molar-refractivity contribution in [3.05, 3.63) is 0 Å². The Morgan fingerprint density at radius 1 is 1.55 bits per heavy atom. The van der Waals surface area contributed by atoms with E-state index in [-0.39, 0.29) is 6.42 Å². The standard InChI is InChI=1S/C6H8O4S/c7-3-6(10)1-2-11-5(9)4(6)8/h7,10H,1-3H2. The summed E-state index contributed by atoms with van der Waals surface area (Å²) in [6.07, 6.45) is 0.152. The maximum absolute atomic E-state index is 10.9. The molecule has 1 atom stereocenters. The van der Waals surface area contributed by atoms with Crippen LogP contribution in [0.4, 0.5) is 0 Å². The van der Waals surface area contributed by atoms with Crippen LogP contribution in [0.3, 0.4) is 0 Å². The molecule has 5 heteroatoms. The van der Waals surface area contributed by atoms with Crippen LogP contribution in [0.2, 0.25) is 0 Å². The van der Waals surface area contributed by atoms with Gasteiger partial charge in [-0.05, 0) is 6.42 Å². The van der Waals surface area contributed by atoms with Crippen molar-refractivity contribution in [3.63, 3.8) is 0 Å². The van der Waals surface area contributed by atoms with E-state index in [4.69, 9.17) is 5.11 Å². The molecular weight excluding hydrogens is 168 g/mol. The van der Waals surface area contributed by atoms with Gasteiger partial charge < -0.3 is 10.2 Å². The largest absolute Gasteiger partial charge is 0.393 e. The molecule has 0 aromatic rings. The third-order valence-electron chi connectivity index (χ3n) is 1.62. The van der Waals surface area contributed by atoms with Crippen molar-refractivity contribution < 1.29 is 19.8 Å². The number of carbonyl (C=O) groups excluding carboxylic acids is 2. The molecule has 0 spiro atoms. The lowest BCUT2D eigenvalue weighted by molar-refractivity contribution is -0.148. The van der Waals surface area contributed by atoms with Crippen LogP contribution < -0.4 is 0 Å². The quantitative estimate of drug-likeness (QED) is 0.498. The summed E-state index contributed by atoms with van der Waals surface area (Å²) in [4.78, 5) is 21.6. The summed E-state index contributed by atoms with van der Waals surface area (Å²) in [5, 5.41) is 17.2. The lowest BCUT2D eigenvalue weighted by Gasteiger charge is -2.26. The second kappa shape index (κ2) is 2.92. The number of aliphatic hydroxyl groups excluding tert-OH is 1. The van der Waals surface area contributed by atoms with Gasteiger partial charge in [0.1, 0.15) is 0 Å². The highest BCUT2D eigenvalue weighted by Gasteiger charge is 2.42. The molecule has 0 radical (unpaired) electrons. The fourth-order valence-corrected chi connectivity index (χ4v) is 1.78. The Morgan fingerprint density at radius 2 is 2.18 bits per heavy atom. The highest BCUT2D eigenvalue weighted by atomic mass is 32.2. The van der Waals surface area contributed by atoms with E-state index in [0.29, 0.717) is 5.75 Å². The summed E-state index contributed by atoms with van der Waals surface area (Å²) in [5.74, 6) is -0.488. The van der Waals surface area contributed by atoms with Crippen molar-refractivity contribution in [3.8, 4) is 0 Å². The molecule has 1 unspecified atom stereocenters. The average molecular weight is 176 g/mol. The summed E-state index contributed by atoms with van der Waals surface area (Å²) < 4.78 is 0. The van der Waals surface area contributed by atoms with Crippen molar-refractivity contribution in [2.45, 2.75) is 12.0 Å². The van der Waals surface area contributed by atoms with Gasteiger partial charge in [0.05, 0.1) is 6.61 Å². The first-order valence-corrected chi connectivity index (χ1v) is 4.13. The molecule has 0 aromatic heterocycles. The molecule has 2 N–H and O–H groups in total. The van der Waals surface area contributed by atoms with Crippen LogP contribution in [-0.4, -0.2) is 39.1 Å². The Kier molecular flexibility index (Phi) is 2.31. The third-order valence-corrected chi connectivity index (χ3v) is 2.47. The van der Waals surface area contributed by atoms with Gasteiger partial charge in [0.25, 0.3) is 5.12 Å². The summed E-state index contributed by atoms with van der Waals surface area (Å²) in [5.41, 5.74) is -1.80. The van der Waals surface area contributed by atoms with Crippen LogP contribution in [0.15, 0.2) is 0 Å². The second-order valence-electron chi connectivity index (χ2n) is 2.40. The van der Waals surface area contributed by atoms with Gasteiger partial charge in [0.15, 0.2) is 5.60 Å². The maximum atomic E-state index is 10.9. The SMILES string of the molecule is O=C1SCCC(O)(CO)C1=O. The second-order valence-corrected chi connectivity index (χ2v) is 3.47. The van der Waals surface area contributed by atoms with Crippen LogP contribution in [0.5, 0.6) is 0 Å². The molecule has 1 saturated heterocycles. The molecular formula is C6H8O4S. The zero-order chi connectivity index (χ0) is 8.48. The number of Topliss-reactive ketones (excluding diaryl/α,β-unsaturated/α-hetero) is 1. The maximum Gasteiger partial charge on any atom is 0.258 e. The van der Waals surface area contributed by atoms with Crippen LogP contribution in [0, 0.1) is 0 Å². The highest BCUT2D eigenvalue weighted by Crippen LogP contribution is 2.24. The van der Waals surface area contributed by atoms with E-state index in [0.717, 1.165) is 11.8 Å². The zero-order valence-corrected chi connectivity index (χ0v) is 6.56. The number of hydrogen-bond acceptors (Lipinski definition) is 5. The van der Waals surface area contributed by atoms with Crippen LogP contribution >= 0.6 is 11.8 Å². The van der Waals surface area contributed by atoms with Crippen molar-refractivity contribution in [2.75, 3.05) is 12.4 Å². The van der Waals surface area contributed by atoms with Gasteiger partial charge >= 0.3 is 0 Å². The van der Waals surface area contributed by atoms with E-state index in [1.54, 1.807) is 0 Å². The highest BCUT2D eigenvalue weighted by molar-refractivity contribution is 8.15. The minimum absolute atomic E-state index is 0.152. The van der Waals surface area contributed by atoms with Gasteiger partial charge in [0, 0.05) is 5.75 Å². The van der Waals surface area contributed by atoms with Crippen molar-refractivity contribution >= 4 is 22.7 Å². The Bertz CT molecular complexity index is 203. The number of carbonyl (C=O) groups is 2. The third kappa shape index (κ3) is 1.45. The fourth-order valence-electron chi connectivity index (χ4n) is 0.832. The van der Waals surface area contributed by atoms with Crippen molar-refractivity contribution in [1.82, 2.24) is 0 Å². The molecule has 1 aliphatic rings. The molecule has 1 heterocycles. The number of rotatable bonds is 1. The first-order valence-electron chi connectivity index (χ1n) is 3.15. The Morgan fingerprint density at radius 3 is 2.64 bits per heavy atom. The van der Waals surface area contributed by atoms with Gasteiger partial charge in [0.2, 0.25) is 5.78 Å². The van der Waals surface area contributed by atoms with E-state index in [1.807, 2.05) is 0 Å². The Balaban J connectivity index is 2.81. The molecule has 0 bridgehead atoms. The molecule has 0 saturated carbocycles. The molecule has 11 heavy (non-hydrogen) atoms. The summed E-state index contributed by atoms with van der Waals surface area (Å²) >= 11 is 0.884. The molecule has 1 aliphatic heterocycles. The predicted molar refractivity (Wildman–Crippen MR) is 39.1 cm³/mol. The van der Waals surface area contributed by atoms with Crippen LogP contribution in [0.25, 0.3) is 0 Å². The Labute approximate surface area is 67.6 Å². The molecule has 62 valence electrons. The lowest BCUT2D eigenvalue weighted by atomic mass is 9.97. The topological polar surface area (TPSA) is 74.6 Å². The fraction of sp³-hybridized carbons (Fsp3) is 0.667. The van der Waals surface area contributed by atoms with Gasteiger partial charge in [-0.15, -0.1) is 0 Å². The minimum atomic E-state index is -1.80. The van der Waals surface area contributed by atoms with Gasteiger partial charge in [-0.25, -0.2) is 0 Å². The molecule has 0 aromatic carbocycles. The van der Waals surface area contributed by atoms with Gasteiger partial charge in [-0.2, -0.15) is 0 Å². The number of aliphatic hydroxyl groups is 2. The number of hydrogen-bond donors (Lipinski definition) is 2. The summed E-state index contributed by atoms with van der Waals surface area (Å²) in [7, 11) is 0. The summed E-state index contributed by atoms with van der Waals surface area (Å²) in [6.45, 7) is -0.669. The molecule has 4 nitrogen and oxygen atoms in total. The van der Waals surface area contributed by atoms with E-state index < -0.39 is 23.1 Å². The molecule has 0 amide bonds. The minimum Gasteiger partial charge on any atom is -0.393 e. The number of ketones is 1. The normalized spacial score (nSPS) is 32.5. The van der Waals surface area contributed by atoms with Crippen LogP contribution in [0.1, 0.15) is 6.42 Å².